The molecule has 4 rings (SSSR count). The van der Waals surface area contributed by atoms with Gasteiger partial charge < -0.3 is 0 Å². The smallest absolute Gasteiger partial charge is 0.268 e. The number of carbonyl (C=O) groups excluding carboxylic acids is 1. The van der Waals surface area contributed by atoms with Crippen LogP contribution in [0, 0.1) is 0 Å². The van der Waals surface area contributed by atoms with E-state index in [0.717, 1.165) is 11.3 Å². The van der Waals surface area contributed by atoms with E-state index in [-0.39, 0.29) is 11.9 Å². The van der Waals surface area contributed by atoms with Crippen molar-refractivity contribution < 1.29 is 4.79 Å². The summed E-state index contributed by atoms with van der Waals surface area (Å²) in [5.41, 5.74) is 1.59. The van der Waals surface area contributed by atoms with Gasteiger partial charge in [-0.3, -0.25) is 10.1 Å². The van der Waals surface area contributed by atoms with Gasteiger partial charge in [0.05, 0.1) is 15.6 Å². The molecule has 0 radical (unpaired) electrons. The number of fused-ring (bicyclic) bond motifs is 1. The van der Waals surface area contributed by atoms with Crippen molar-refractivity contribution in [3.05, 3.63) is 56.0 Å². The molecule has 0 aliphatic carbocycles. The molecular weight excluding hydrogens is 387 g/mol. The summed E-state index contributed by atoms with van der Waals surface area (Å²) in [5.74, 6) is 0.0286. The molecule has 0 unspecified atom stereocenters. The second-order valence-electron chi connectivity index (χ2n) is 4.81. The molecule has 1 aromatic carbocycles. The van der Waals surface area contributed by atoms with Gasteiger partial charge in [-0.1, -0.05) is 29.3 Å². The van der Waals surface area contributed by atoms with Gasteiger partial charge in [-0.2, -0.15) is 4.98 Å². The van der Waals surface area contributed by atoms with Gasteiger partial charge in [-0.25, -0.2) is 4.52 Å². The van der Waals surface area contributed by atoms with Crippen LogP contribution in [0.3, 0.4) is 0 Å². The van der Waals surface area contributed by atoms with Gasteiger partial charge in [0.25, 0.3) is 11.9 Å². The number of anilines is 1. The molecular formula is C15H8Cl2N4OS2. The normalized spacial score (nSPS) is 11.1. The van der Waals surface area contributed by atoms with E-state index < -0.39 is 0 Å². The number of thiophene rings is 1. The van der Waals surface area contributed by atoms with Crippen LogP contribution in [0.25, 0.3) is 16.2 Å². The van der Waals surface area contributed by atoms with Crippen molar-refractivity contribution in [3.8, 4) is 11.3 Å². The van der Waals surface area contributed by atoms with Gasteiger partial charge in [-0.05, 0) is 29.6 Å². The first-order chi connectivity index (χ1) is 11.6. The lowest BCUT2D eigenvalue weighted by Crippen LogP contribution is -2.11. The number of rotatable bonds is 3. The van der Waals surface area contributed by atoms with Crippen molar-refractivity contribution in [2.45, 2.75) is 0 Å². The van der Waals surface area contributed by atoms with Crippen LogP contribution in [0.1, 0.15) is 9.67 Å². The maximum atomic E-state index is 12.1. The number of benzene rings is 1. The molecule has 3 heterocycles. The van der Waals surface area contributed by atoms with Crippen LogP contribution in [0.2, 0.25) is 10.0 Å². The van der Waals surface area contributed by atoms with Crippen molar-refractivity contribution in [2.24, 2.45) is 0 Å². The van der Waals surface area contributed by atoms with Crippen molar-refractivity contribution in [2.75, 3.05) is 5.32 Å². The monoisotopic (exact) mass is 394 g/mol. The lowest BCUT2D eigenvalue weighted by molar-refractivity contribution is 0.102. The Morgan fingerprint density at radius 1 is 1.21 bits per heavy atom. The highest BCUT2D eigenvalue weighted by Crippen LogP contribution is 2.33. The fraction of sp³-hybridized carbons (Fsp3) is 0. The summed E-state index contributed by atoms with van der Waals surface area (Å²) < 4.78 is 1.66. The molecule has 5 nitrogen and oxygen atoms in total. The highest BCUT2D eigenvalue weighted by molar-refractivity contribution is 7.15. The molecule has 0 fully saturated rings. The summed E-state index contributed by atoms with van der Waals surface area (Å²) in [5, 5.41) is 11.9. The quantitative estimate of drug-likeness (QED) is 0.526. The third kappa shape index (κ3) is 2.80. The third-order valence-electron chi connectivity index (χ3n) is 3.26. The summed E-state index contributed by atoms with van der Waals surface area (Å²) in [6.45, 7) is 0. The van der Waals surface area contributed by atoms with E-state index in [0.29, 0.717) is 19.9 Å². The lowest BCUT2D eigenvalue weighted by atomic mass is 10.2. The van der Waals surface area contributed by atoms with Crippen LogP contribution in [0.4, 0.5) is 5.95 Å². The fourth-order valence-electron chi connectivity index (χ4n) is 2.19. The molecule has 0 spiro atoms. The van der Waals surface area contributed by atoms with E-state index in [1.807, 2.05) is 22.9 Å². The molecule has 24 heavy (non-hydrogen) atoms. The maximum Gasteiger partial charge on any atom is 0.268 e. The summed E-state index contributed by atoms with van der Waals surface area (Å²) in [4.78, 5) is 17.7. The van der Waals surface area contributed by atoms with Crippen molar-refractivity contribution in [3.63, 3.8) is 0 Å². The molecule has 4 aromatic rings. The summed E-state index contributed by atoms with van der Waals surface area (Å²) >= 11 is 15.0. The lowest BCUT2D eigenvalue weighted by Gasteiger charge is -2.02. The van der Waals surface area contributed by atoms with Crippen LogP contribution in [0.5, 0.6) is 0 Å². The Kier molecular flexibility index (Phi) is 4.01. The Morgan fingerprint density at radius 2 is 2.08 bits per heavy atom. The predicted octanol–water partition coefficient (Wildman–Crippen LogP) is 5.08. The van der Waals surface area contributed by atoms with Crippen LogP contribution in [0.15, 0.2) is 41.1 Å². The largest absolute Gasteiger partial charge is 0.288 e. The number of nitrogens with zero attached hydrogens (tertiary/aromatic N) is 3. The fourth-order valence-corrected chi connectivity index (χ4v) is 4.13. The number of thiazole rings is 1. The molecule has 9 heteroatoms. The molecule has 0 saturated heterocycles. The number of amides is 1. The number of carbonyl (C=O) groups is 1. The first-order valence-electron chi connectivity index (χ1n) is 6.76. The van der Waals surface area contributed by atoms with Gasteiger partial charge in [0.2, 0.25) is 4.96 Å². The number of nitrogens with one attached hydrogen (secondary N) is 1. The molecule has 3 aromatic heterocycles. The molecule has 0 saturated carbocycles. The topological polar surface area (TPSA) is 59.3 Å². The average molecular weight is 395 g/mol. The number of aromatic nitrogens is 3. The zero-order valence-electron chi connectivity index (χ0n) is 11.9. The first kappa shape index (κ1) is 15.6. The molecule has 0 aliphatic heterocycles. The van der Waals surface area contributed by atoms with Gasteiger partial charge in [0, 0.05) is 16.0 Å². The van der Waals surface area contributed by atoms with Crippen LogP contribution in [-0.4, -0.2) is 20.5 Å². The van der Waals surface area contributed by atoms with Gasteiger partial charge in [0.15, 0.2) is 0 Å². The van der Waals surface area contributed by atoms with E-state index in [4.69, 9.17) is 23.2 Å². The van der Waals surface area contributed by atoms with E-state index in [2.05, 4.69) is 15.4 Å². The minimum Gasteiger partial charge on any atom is -0.288 e. The molecule has 0 aliphatic rings. The highest BCUT2D eigenvalue weighted by Gasteiger charge is 2.16. The standard InChI is InChI=1S/C15H8Cl2N4OS2/c16-8-3-4-9(10(17)6-8)11-7-24-15-19-14(20-21(11)15)18-13(22)12-2-1-5-23-12/h1-7H,(H,18,20,22). The molecule has 120 valence electrons. The van der Waals surface area contributed by atoms with Crippen LogP contribution >= 0.6 is 45.9 Å². The van der Waals surface area contributed by atoms with Crippen LogP contribution in [-0.2, 0) is 0 Å². The highest BCUT2D eigenvalue weighted by atomic mass is 35.5. The minimum atomic E-state index is -0.227. The Morgan fingerprint density at radius 3 is 2.83 bits per heavy atom. The van der Waals surface area contributed by atoms with Gasteiger partial charge in [-0.15, -0.1) is 27.8 Å². The Labute approximate surface area is 154 Å². The summed E-state index contributed by atoms with van der Waals surface area (Å²) in [6, 6.07) is 8.84. The summed E-state index contributed by atoms with van der Waals surface area (Å²) in [7, 11) is 0. The summed E-state index contributed by atoms with van der Waals surface area (Å²) in [6.07, 6.45) is 0. The second-order valence-corrected chi connectivity index (χ2v) is 7.43. The maximum absolute atomic E-state index is 12.1. The average Bonchev–Trinajstić information content (AvgIpc) is 3.24. The number of hydrogen-bond acceptors (Lipinski definition) is 5. The SMILES string of the molecule is O=C(Nc1nc2scc(-c3ccc(Cl)cc3Cl)n2n1)c1cccs1. The van der Waals surface area contributed by atoms with E-state index in [1.165, 1.54) is 22.7 Å². The van der Waals surface area contributed by atoms with Crippen LogP contribution < -0.4 is 5.32 Å². The zero-order valence-corrected chi connectivity index (χ0v) is 15.0. The molecule has 0 atom stereocenters. The Bertz CT molecular complexity index is 1040. The van der Waals surface area contributed by atoms with Gasteiger partial charge in [0.1, 0.15) is 0 Å². The van der Waals surface area contributed by atoms with Crippen molar-refractivity contribution in [1.82, 2.24) is 14.6 Å². The molecule has 1 amide bonds. The van der Waals surface area contributed by atoms with E-state index in [1.54, 1.807) is 22.7 Å². The Balaban J connectivity index is 1.70. The van der Waals surface area contributed by atoms with E-state index >= 15 is 0 Å². The zero-order chi connectivity index (χ0) is 16.7. The first-order valence-corrected chi connectivity index (χ1v) is 9.28. The third-order valence-corrected chi connectivity index (χ3v) is 5.49. The van der Waals surface area contributed by atoms with Crippen molar-refractivity contribution >= 4 is 62.7 Å². The Hall–Kier alpha value is -1.93. The number of halogens is 2. The minimum absolute atomic E-state index is 0.227. The second kappa shape index (κ2) is 6.18. The molecule has 0 bridgehead atoms. The van der Waals surface area contributed by atoms with Gasteiger partial charge >= 0.3 is 0 Å². The predicted molar refractivity (Wildman–Crippen MR) is 98.6 cm³/mol. The molecule has 1 N–H and O–H groups in total. The van der Waals surface area contributed by atoms with E-state index in [9.17, 15) is 4.79 Å². The van der Waals surface area contributed by atoms with Crippen molar-refractivity contribution in [1.29, 1.82) is 0 Å². The number of hydrogen-bond donors (Lipinski definition) is 1.